The summed E-state index contributed by atoms with van der Waals surface area (Å²) in [5.74, 6) is 1.35. The van der Waals surface area contributed by atoms with Crippen molar-refractivity contribution in [2.45, 2.75) is 0 Å². The van der Waals surface area contributed by atoms with Crippen LogP contribution in [-0.2, 0) is 0 Å². The molecule has 0 amide bonds. The maximum atomic E-state index is 14.1. The van der Waals surface area contributed by atoms with E-state index in [2.05, 4.69) is 133 Å². The first-order valence-corrected chi connectivity index (χ1v) is 16.7. The highest BCUT2D eigenvalue weighted by Gasteiger charge is 2.17. The second-order valence-electron chi connectivity index (χ2n) is 12.4. The molecule has 0 unspecified atom stereocenters. The van der Waals surface area contributed by atoms with E-state index in [1.165, 1.54) is 32.7 Å². The zero-order chi connectivity index (χ0) is 34.0. The van der Waals surface area contributed by atoms with Gasteiger partial charge in [-0.05, 0) is 91.3 Å². The van der Waals surface area contributed by atoms with E-state index in [9.17, 15) is 4.79 Å². The Morgan fingerprint density at radius 1 is 0.380 bits per heavy atom. The normalized spacial score (nSPS) is 11.1. The fourth-order valence-corrected chi connectivity index (χ4v) is 6.93. The number of methoxy groups -OCH3 is 2. The summed E-state index contributed by atoms with van der Waals surface area (Å²) in [6.45, 7) is 0. The van der Waals surface area contributed by atoms with Crippen molar-refractivity contribution in [1.82, 2.24) is 0 Å². The van der Waals surface area contributed by atoms with E-state index in [1.54, 1.807) is 14.2 Å². The molecule has 0 aliphatic carbocycles. The quantitative estimate of drug-likeness (QED) is 0.154. The van der Waals surface area contributed by atoms with Gasteiger partial charge in [0.05, 0.1) is 14.2 Å². The van der Waals surface area contributed by atoms with Gasteiger partial charge in [-0.1, -0.05) is 133 Å². The van der Waals surface area contributed by atoms with E-state index in [0.717, 1.165) is 33.4 Å². The molecular formula is C47H34O3. The SMILES string of the molecule is COc1ccc(C(=O)c2ccc(OC)c(-c3ccc(-c4cccc5ccccc45)cc3)c2)cc1-c1ccc(-c2cccc3ccccc23)cc1. The lowest BCUT2D eigenvalue weighted by Gasteiger charge is -2.14. The van der Waals surface area contributed by atoms with Crippen molar-refractivity contribution in [2.75, 3.05) is 14.2 Å². The van der Waals surface area contributed by atoms with Crippen molar-refractivity contribution in [2.24, 2.45) is 0 Å². The molecule has 3 nitrogen and oxygen atoms in total. The molecule has 50 heavy (non-hydrogen) atoms. The maximum Gasteiger partial charge on any atom is 0.193 e. The second-order valence-corrected chi connectivity index (χ2v) is 12.4. The third kappa shape index (κ3) is 5.69. The van der Waals surface area contributed by atoms with E-state index in [1.807, 2.05) is 36.4 Å². The Hall–Kier alpha value is -6.45. The Morgan fingerprint density at radius 2 is 0.740 bits per heavy atom. The lowest BCUT2D eigenvalue weighted by Crippen LogP contribution is -2.03. The number of ketones is 1. The standard InChI is InChI=1S/C47H34O3/c1-49-45-27-25-37(29-43(45)35-21-17-33(18-22-35)41-15-7-11-31-9-3-5-13-39(31)41)47(48)38-26-28-46(50-2)44(30-38)36-23-19-34(20-24-36)42-16-8-12-32-10-4-6-14-40(32)42/h3-30H,1-2H3. The van der Waals surface area contributed by atoms with Gasteiger partial charge in [-0.2, -0.15) is 0 Å². The minimum atomic E-state index is -0.0717. The predicted molar refractivity (Wildman–Crippen MR) is 206 cm³/mol. The second kappa shape index (κ2) is 13.2. The zero-order valence-electron chi connectivity index (χ0n) is 27.9. The van der Waals surface area contributed by atoms with Crippen LogP contribution in [0.2, 0.25) is 0 Å². The van der Waals surface area contributed by atoms with Crippen molar-refractivity contribution < 1.29 is 14.3 Å². The van der Waals surface area contributed by atoms with Crippen LogP contribution >= 0.6 is 0 Å². The molecule has 0 spiro atoms. The molecule has 0 saturated carbocycles. The molecule has 0 aliphatic heterocycles. The topological polar surface area (TPSA) is 35.5 Å². The van der Waals surface area contributed by atoms with E-state index < -0.39 is 0 Å². The van der Waals surface area contributed by atoms with Crippen LogP contribution in [0.1, 0.15) is 15.9 Å². The van der Waals surface area contributed by atoms with E-state index >= 15 is 0 Å². The Labute approximate surface area is 292 Å². The average molecular weight is 647 g/mol. The van der Waals surface area contributed by atoms with Crippen LogP contribution in [0.3, 0.4) is 0 Å². The molecule has 0 aromatic heterocycles. The Balaban J connectivity index is 1.11. The van der Waals surface area contributed by atoms with Crippen molar-refractivity contribution in [3.05, 3.63) is 181 Å². The Morgan fingerprint density at radius 3 is 1.14 bits per heavy atom. The first kappa shape index (κ1) is 30.9. The molecule has 0 bridgehead atoms. The van der Waals surface area contributed by atoms with Crippen LogP contribution in [0.5, 0.6) is 11.5 Å². The highest BCUT2D eigenvalue weighted by atomic mass is 16.5. The minimum absolute atomic E-state index is 0.0717. The van der Waals surface area contributed by atoms with Gasteiger partial charge in [-0.25, -0.2) is 0 Å². The number of carbonyl (C=O) groups excluding carboxylic acids is 1. The average Bonchev–Trinajstić information content (AvgIpc) is 3.19. The molecule has 0 heterocycles. The fourth-order valence-electron chi connectivity index (χ4n) is 6.93. The van der Waals surface area contributed by atoms with Crippen LogP contribution in [0, 0.1) is 0 Å². The van der Waals surface area contributed by atoms with E-state index in [0.29, 0.717) is 22.6 Å². The van der Waals surface area contributed by atoms with Gasteiger partial charge in [-0.15, -0.1) is 0 Å². The van der Waals surface area contributed by atoms with Gasteiger partial charge in [0.1, 0.15) is 11.5 Å². The number of fused-ring (bicyclic) bond motifs is 2. The van der Waals surface area contributed by atoms with Crippen molar-refractivity contribution in [3.8, 4) is 56.0 Å². The summed E-state index contributed by atoms with van der Waals surface area (Å²) in [4.78, 5) is 14.1. The summed E-state index contributed by atoms with van der Waals surface area (Å²) in [7, 11) is 3.32. The summed E-state index contributed by atoms with van der Waals surface area (Å²) in [5, 5.41) is 4.85. The van der Waals surface area contributed by atoms with Gasteiger partial charge >= 0.3 is 0 Å². The molecule has 240 valence electrons. The van der Waals surface area contributed by atoms with Crippen molar-refractivity contribution in [3.63, 3.8) is 0 Å². The first-order valence-electron chi connectivity index (χ1n) is 16.7. The summed E-state index contributed by atoms with van der Waals surface area (Å²) in [6, 6.07) is 57.8. The molecule has 3 heteroatoms. The number of benzene rings is 8. The molecule has 8 rings (SSSR count). The molecular weight excluding hydrogens is 613 g/mol. The van der Waals surface area contributed by atoms with Gasteiger partial charge in [0.2, 0.25) is 0 Å². The van der Waals surface area contributed by atoms with Crippen molar-refractivity contribution in [1.29, 1.82) is 0 Å². The highest BCUT2D eigenvalue weighted by Crippen LogP contribution is 2.37. The van der Waals surface area contributed by atoms with Gasteiger partial charge in [-0.3, -0.25) is 4.79 Å². The summed E-state index contributed by atoms with van der Waals surface area (Å²) < 4.78 is 11.5. The number of ether oxygens (including phenoxy) is 2. The molecule has 0 saturated heterocycles. The monoisotopic (exact) mass is 646 g/mol. The number of carbonyl (C=O) groups is 1. The summed E-state index contributed by atoms with van der Waals surface area (Å²) >= 11 is 0. The lowest BCUT2D eigenvalue weighted by molar-refractivity contribution is 0.103. The highest BCUT2D eigenvalue weighted by molar-refractivity contribution is 6.10. The van der Waals surface area contributed by atoms with Gasteiger partial charge in [0, 0.05) is 22.3 Å². The molecule has 8 aromatic rings. The van der Waals surface area contributed by atoms with Crippen LogP contribution in [0.4, 0.5) is 0 Å². The van der Waals surface area contributed by atoms with Gasteiger partial charge < -0.3 is 9.47 Å². The predicted octanol–water partition coefficient (Wildman–Crippen LogP) is 11.9. The van der Waals surface area contributed by atoms with Crippen LogP contribution in [0.25, 0.3) is 66.1 Å². The number of hydrogen-bond donors (Lipinski definition) is 0. The van der Waals surface area contributed by atoms with Gasteiger partial charge in [0.15, 0.2) is 5.78 Å². The minimum Gasteiger partial charge on any atom is -0.496 e. The van der Waals surface area contributed by atoms with Crippen LogP contribution in [-0.4, -0.2) is 20.0 Å². The van der Waals surface area contributed by atoms with Crippen LogP contribution in [0.15, 0.2) is 170 Å². The molecule has 8 aromatic carbocycles. The number of rotatable bonds is 8. The molecule has 0 aliphatic rings. The summed E-state index contributed by atoms with van der Waals surface area (Å²) in [6.07, 6.45) is 0. The summed E-state index contributed by atoms with van der Waals surface area (Å²) in [5.41, 5.74) is 9.47. The number of hydrogen-bond acceptors (Lipinski definition) is 3. The van der Waals surface area contributed by atoms with Gasteiger partial charge in [0.25, 0.3) is 0 Å². The van der Waals surface area contributed by atoms with Crippen molar-refractivity contribution >= 4 is 27.3 Å². The largest absolute Gasteiger partial charge is 0.496 e. The zero-order valence-corrected chi connectivity index (χ0v) is 27.9. The van der Waals surface area contributed by atoms with E-state index in [4.69, 9.17) is 9.47 Å². The third-order valence-corrected chi connectivity index (χ3v) is 9.52. The molecule has 0 atom stereocenters. The first-order chi connectivity index (χ1) is 24.6. The fraction of sp³-hybridized carbons (Fsp3) is 0.0426. The molecule has 0 N–H and O–H groups in total. The maximum absolute atomic E-state index is 14.1. The third-order valence-electron chi connectivity index (χ3n) is 9.52. The smallest absolute Gasteiger partial charge is 0.193 e. The Kier molecular flexibility index (Phi) is 8.16. The Bertz CT molecular complexity index is 2320. The van der Waals surface area contributed by atoms with E-state index in [-0.39, 0.29) is 5.78 Å². The molecule has 0 fully saturated rings. The lowest BCUT2D eigenvalue weighted by atomic mass is 9.93. The van der Waals surface area contributed by atoms with Crippen LogP contribution < -0.4 is 9.47 Å². The molecule has 0 radical (unpaired) electrons.